The third-order valence-electron chi connectivity index (χ3n) is 2.00. The topological polar surface area (TPSA) is 50.8 Å². The summed E-state index contributed by atoms with van der Waals surface area (Å²) in [6.07, 6.45) is 1.60. The van der Waals surface area contributed by atoms with Crippen molar-refractivity contribution in [3.63, 3.8) is 0 Å². The van der Waals surface area contributed by atoms with Crippen molar-refractivity contribution in [2.75, 3.05) is 14.1 Å². The molecule has 0 atom stereocenters. The molecule has 0 spiro atoms. The quantitative estimate of drug-likeness (QED) is 0.720. The molecule has 0 fully saturated rings. The molecule has 1 aromatic rings. The highest BCUT2D eigenvalue weighted by molar-refractivity contribution is 5.62. The minimum absolute atomic E-state index is 0.127. The van der Waals surface area contributed by atoms with Gasteiger partial charge in [0.15, 0.2) is 0 Å². The second-order valence-corrected chi connectivity index (χ2v) is 3.76. The van der Waals surface area contributed by atoms with Gasteiger partial charge in [-0.3, -0.25) is 0 Å². The largest absolute Gasteiger partial charge is 0.305 e. The lowest BCUT2D eigenvalue weighted by Crippen LogP contribution is -2.10. The summed E-state index contributed by atoms with van der Waals surface area (Å²) in [4.78, 5) is 2.07. The Morgan fingerprint density at radius 2 is 2.00 bits per heavy atom. The number of hydrogen-bond donors (Lipinski definition) is 0. The zero-order valence-corrected chi connectivity index (χ0v) is 9.44. The van der Waals surface area contributed by atoms with Crippen molar-refractivity contribution in [1.82, 2.24) is 4.90 Å². The Bertz CT molecular complexity index is 457. The van der Waals surface area contributed by atoms with Crippen molar-refractivity contribution in [3.05, 3.63) is 41.0 Å². The molecule has 0 aliphatic heterocycles. The van der Waals surface area contributed by atoms with Gasteiger partial charge in [0.05, 0.1) is 0 Å². The van der Waals surface area contributed by atoms with Crippen molar-refractivity contribution in [1.29, 1.82) is 10.5 Å². The molecule has 3 heteroatoms. The van der Waals surface area contributed by atoms with Crippen LogP contribution in [0.3, 0.4) is 0 Å². The predicted octanol–water partition coefficient (Wildman–Crippen LogP) is 2.18. The summed E-state index contributed by atoms with van der Waals surface area (Å²) in [5.74, 6) is 0. The van der Waals surface area contributed by atoms with Gasteiger partial charge >= 0.3 is 0 Å². The molecule has 3 nitrogen and oxygen atoms in total. The van der Waals surface area contributed by atoms with Gasteiger partial charge in [0.2, 0.25) is 0 Å². The average molecular weight is 211 g/mol. The molecule has 1 aromatic carbocycles. The minimum atomic E-state index is 0.127. The number of allylic oxidation sites excluding steroid dienone is 1. The molecule has 0 saturated carbocycles. The first-order chi connectivity index (χ1) is 7.65. The van der Waals surface area contributed by atoms with Crippen molar-refractivity contribution in [2.24, 2.45) is 0 Å². The normalized spacial score (nSPS) is 9.31. The maximum Gasteiger partial charge on any atom is 0.130 e. The zero-order valence-electron chi connectivity index (χ0n) is 9.44. The lowest BCUT2D eigenvalue weighted by atomic mass is 10.1. The SMILES string of the molecule is CN(C)Cc1cccc(C=C(C#N)C#N)c1. The van der Waals surface area contributed by atoms with Crippen LogP contribution in [0.5, 0.6) is 0 Å². The van der Waals surface area contributed by atoms with E-state index in [-0.39, 0.29) is 5.57 Å². The monoisotopic (exact) mass is 211 g/mol. The average Bonchev–Trinajstić information content (AvgIpc) is 2.25. The number of rotatable bonds is 3. The second kappa shape index (κ2) is 5.70. The number of hydrogen-bond acceptors (Lipinski definition) is 3. The molecule has 0 N–H and O–H groups in total. The van der Waals surface area contributed by atoms with Gasteiger partial charge in [-0.05, 0) is 31.3 Å². The van der Waals surface area contributed by atoms with Crippen LogP contribution in [0.15, 0.2) is 29.8 Å². The van der Waals surface area contributed by atoms with Crippen LogP contribution in [-0.2, 0) is 6.54 Å². The highest BCUT2D eigenvalue weighted by Crippen LogP contribution is 2.10. The molecule has 0 amide bonds. The fraction of sp³-hybridized carbons (Fsp3) is 0.231. The maximum atomic E-state index is 8.65. The first-order valence-electron chi connectivity index (χ1n) is 4.91. The van der Waals surface area contributed by atoms with Gasteiger partial charge in [-0.15, -0.1) is 0 Å². The Morgan fingerprint density at radius 1 is 1.31 bits per heavy atom. The van der Waals surface area contributed by atoms with Crippen molar-refractivity contribution in [2.45, 2.75) is 6.54 Å². The summed E-state index contributed by atoms with van der Waals surface area (Å²) >= 11 is 0. The molecule has 0 radical (unpaired) electrons. The van der Waals surface area contributed by atoms with E-state index in [1.807, 2.05) is 50.5 Å². The molecule has 0 bridgehead atoms. The second-order valence-electron chi connectivity index (χ2n) is 3.76. The smallest absolute Gasteiger partial charge is 0.130 e. The van der Waals surface area contributed by atoms with E-state index in [0.29, 0.717) is 0 Å². The van der Waals surface area contributed by atoms with E-state index in [9.17, 15) is 0 Å². The summed E-state index contributed by atoms with van der Waals surface area (Å²) in [6, 6.07) is 11.5. The van der Waals surface area contributed by atoms with Crippen LogP contribution < -0.4 is 0 Å². The van der Waals surface area contributed by atoms with Gasteiger partial charge in [-0.25, -0.2) is 0 Å². The van der Waals surface area contributed by atoms with E-state index in [4.69, 9.17) is 10.5 Å². The zero-order chi connectivity index (χ0) is 12.0. The van der Waals surface area contributed by atoms with Crippen molar-refractivity contribution < 1.29 is 0 Å². The summed E-state index contributed by atoms with van der Waals surface area (Å²) in [7, 11) is 4.00. The molecule has 0 saturated heterocycles. The molecule has 1 rings (SSSR count). The van der Waals surface area contributed by atoms with E-state index < -0.39 is 0 Å². The van der Waals surface area contributed by atoms with E-state index in [1.54, 1.807) is 6.08 Å². The lowest BCUT2D eigenvalue weighted by Gasteiger charge is -2.09. The minimum Gasteiger partial charge on any atom is -0.305 e. The first-order valence-corrected chi connectivity index (χ1v) is 4.91. The summed E-state index contributed by atoms with van der Waals surface area (Å²) in [6.45, 7) is 0.843. The van der Waals surface area contributed by atoms with Crippen LogP contribution >= 0.6 is 0 Å². The van der Waals surface area contributed by atoms with Gasteiger partial charge in [0.1, 0.15) is 17.7 Å². The molecule has 0 aliphatic rings. The summed E-state index contributed by atoms with van der Waals surface area (Å²) < 4.78 is 0. The predicted molar refractivity (Wildman–Crippen MR) is 63.0 cm³/mol. The Labute approximate surface area is 95.8 Å². The Balaban J connectivity index is 2.96. The van der Waals surface area contributed by atoms with Crippen LogP contribution in [0.4, 0.5) is 0 Å². The standard InChI is InChI=1S/C13H13N3/c1-16(2)10-12-5-3-4-11(6-12)7-13(8-14)9-15/h3-7H,10H2,1-2H3. The molecule has 16 heavy (non-hydrogen) atoms. The van der Waals surface area contributed by atoms with E-state index >= 15 is 0 Å². The van der Waals surface area contributed by atoms with Gasteiger partial charge in [-0.1, -0.05) is 24.3 Å². The molecular weight excluding hydrogens is 198 g/mol. The van der Waals surface area contributed by atoms with Crippen LogP contribution in [-0.4, -0.2) is 19.0 Å². The summed E-state index contributed by atoms with van der Waals surface area (Å²) in [5.41, 5.74) is 2.17. The third kappa shape index (κ3) is 3.57. The molecule has 0 heterocycles. The van der Waals surface area contributed by atoms with Gasteiger partial charge in [0, 0.05) is 6.54 Å². The van der Waals surface area contributed by atoms with Crippen molar-refractivity contribution in [3.8, 4) is 12.1 Å². The van der Waals surface area contributed by atoms with E-state index in [2.05, 4.69) is 4.90 Å². The van der Waals surface area contributed by atoms with Crippen molar-refractivity contribution >= 4 is 6.08 Å². The van der Waals surface area contributed by atoms with Crippen LogP contribution in [0.25, 0.3) is 6.08 Å². The fourth-order valence-corrected chi connectivity index (χ4v) is 1.40. The highest BCUT2D eigenvalue weighted by atomic mass is 15.0. The molecule has 0 aromatic heterocycles. The number of nitriles is 2. The van der Waals surface area contributed by atoms with Crippen LogP contribution in [0.2, 0.25) is 0 Å². The maximum absolute atomic E-state index is 8.65. The van der Waals surface area contributed by atoms with Gasteiger partial charge in [0.25, 0.3) is 0 Å². The molecular formula is C13H13N3. The fourth-order valence-electron chi connectivity index (χ4n) is 1.40. The lowest BCUT2D eigenvalue weighted by molar-refractivity contribution is 0.402. The first kappa shape index (κ1) is 12.0. The highest BCUT2D eigenvalue weighted by Gasteiger charge is 1.97. The Hall–Kier alpha value is -2.10. The van der Waals surface area contributed by atoms with Crippen LogP contribution in [0, 0.1) is 22.7 Å². The molecule has 80 valence electrons. The summed E-state index contributed by atoms with van der Waals surface area (Å²) in [5, 5.41) is 17.3. The van der Waals surface area contributed by atoms with E-state index in [1.165, 1.54) is 0 Å². The Kier molecular flexibility index (Phi) is 4.27. The van der Waals surface area contributed by atoms with E-state index in [0.717, 1.165) is 17.7 Å². The molecule has 0 unspecified atom stereocenters. The Morgan fingerprint density at radius 3 is 2.56 bits per heavy atom. The number of nitrogens with zero attached hydrogens (tertiary/aromatic N) is 3. The number of benzene rings is 1. The van der Waals surface area contributed by atoms with Crippen LogP contribution in [0.1, 0.15) is 11.1 Å². The van der Waals surface area contributed by atoms with Gasteiger partial charge < -0.3 is 4.90 Å². The van der Waals surface area contributed by atoms with Gasteiger partial charge in [-0.2, -0.15) is 10.5 Å². The molecule has 0 aliphatic carbocycles. The third-order valence-corrected chi connectivity index (χ3v) is 2.00.